The Bertz CT molecular complexity index is 1390. The highest BCUT2D eigenvalue weighted by atomic mass is 16.6. The Hall–Kier alpha value is -4.86. The zero-order valence-electron chi connectivity index (χ0n) is 17.4. The number of amides is 1. The zero-order chi connectivity index (χ0) is 23.4. The van der Waals surface area contributed by atoms with Crippen LogP contribution in [0, 0.1) is 10.1 Å². The van der Waals surface area contributed by atoms with Crippen molar-refractivity contribution in [2.45, 2.75) is 6.92 Å². The van der Waals surface area contributed by atoms with E-state index in [0.717, 1.165) is 5.56 Å². The topological polar surface area (TPSA) is 135 Å². The van der Waals surface area contributed by atoms with E-state index in [9.17, 15) is 19.7 Å². The molecule has 2 N–H and O–H groups in total. The molecule has 164 valence electrons. The van der Waals surface area contributed by atoms with Gasteiger partial charge in [-0.3, -0.25) is 29.8 Å². The molecule has 4 aromatic rings. The molecular formula is C23H18N6O4. The predicted molar refractivity (Wildman–Crippen MR) is 122 cm³/mol. The first kappa shape index (κ1) is 21.4. The molecule has 33 heavy (non-hydrogen) atoms. The molecule has 10 nitrogen and oxygen atoms in total. The van der Waals surface area contributed by atoms with E-state index in [4.69, 9.17) is 0 Å². The fraction of sp³-hybridized carbons (Fsp3) is 0.0435. The lowest BCUT2D eigenvalue weighted by atomic mass is 10.1. The minimum Gasteiger partial charge on any atom is -0.290 e. The van der Waals surface area contributed by atoms with E-state index >= 15 is 0 Å². The number of benzene rings is 2. The molecule has 0 bridgehead atoms. The molecule has 0 saturated heterocycles. The first-order chi connectivity index (χ1) is 16.0. The first-order valence-electron chi connectivity index (χ1n) is 9.86. The van der Waals surface area contributed by atoms with Gasteiger partial charge in [-0.05, 0) is 31.2 Å². The maximum atomic E-state index is 13.3. The smallest absolute Gasteiger partial charge is 0.281 e. The summed E-state index contributed by atoms with van der Waals surface area (Å²) in [7, 11) is 0. The Morgan fingerprint density at radius 3 is 2.45 bits per heavy atom. The van der Waals surface area contributed by atoms with Gasteiger partial charge in [-0.2, -0.15) is 5.10 Å². The van der Waals surface area contributed by atoms with E-state index in [2.05, 4.69) is 20.6 Å². The third-order valence-electron chi connectivity index (χ3n) is 4.88. The molecule has 0 aliphatic rings. The van der Waals surface area contributed by atoms with Gasteiger partial charge in [-0.25, -0.2) is 10.1 Å². The van der Waals surface area contributed by atoms with Crippen LogP contribution < -0.4 is 11.0 Å². The summed E-state index contributed by atoms with van der Waals surface area (Å²) in [6, 6.07) is 18.0. The summed E-state index contributed by atoms with van der Waals surface area (Å²) in [6.45, 7) is 1.61. The maximum absolute atomic E-state index is 13.3. The van der Waals surface area contributed by atoms with Gasteiger partial charge in [-0.1, -0.05) is 30.3 Å². The molecule has 2 heterocycles. The molecule has 2 aromatic carbocycles. The van der Waals surface area contributed by atoms with Crippen LogP contribution in [0.1, 0.15) is 22.8 Å². The Balaban J connectivity index is 1.76. The van der Waals surface area contributed by atoms with E-state index in [0.29, 0.717) is 16.9 Å². The third kappa shape index (κ3) is 4.44. The maximum Gasteiger partial charge on any atom is 0.281 e. The molecule has 0 radical (unpaired) electrons. The highest BCUT2D eigenvalue weighted by Gasteiger charge is 2.20. The summed E-state index contributed by atoms with van der Waals surface area (Å²) in [5.74, 6) is -0.463. The number of rotatable bonds is 6. The number of hydrogen-bond acceptors (Lipinski definition) is 6. The molecule has 0 unspecified atom stereocenters. The Morgan fingerprint density at radius 1 is 1.09 bits per heavy atom. The molecular weight excluding hydrogens is 424 g/mol. The van der Waals surface area contributed by atoms with Crippen molar-refractivity contribution < 1.29 is 9.72 Å². The number of nitrogens with one attached hydrogen (secondary N) is 2. The average molecular weight is 442 g/mol. The van der Waals surface area contributed by atoms with Crippen molar-refractivity contribution in [2.24, 2.45) is 5.10 Å². The molecule has 0 aliphatic heterocycles. The van der Waals surface area contributed by atoms with Gasteiger partial charge in [0.2, 0.25) is 0 Å². The second-order valence-corrected chi connectivity index (χ2v) is 7.02. The van der Waals surface area contributed by atoms with Gasteiger partial charge in [-0.15, -0.1) is 0 Å². The van der Waals surface area contributed by atoms with Crippen molar-refractivity contribution in [1.82, 2.24) is 20.2 Å². The van der Waals surface area contributed by atoms with E-state index in [1.165, 1.54) is 35.1 Å². The number of carbonyl (C=O) groups is 1. The van der Waals surface area contributed by atoms with Gasteiger partial charge in [0, 0.05) is 30.1 Å². The monoisotopic (exact) mass is 442 g/mol. The molecule has 0 aliphatic carbocycles. The molecule has 10 heteroatoms. The number of hydrogen-bond donors (Lipinski definition) is 2. The number of hydrazone groups is 1. The van der Waals surface area contributed by atoms with Gasteiger partial charge in [0.15, 0.2) is 0 Å². The molecule has 0 saturated carbocycles. The van der Waals surface area contributed by atoms with Crippen LogP contribution in [0.25, 0.3) is 16.9 Å². The predicted octanol–water partition coefficient (Wildman–Crippen LogP) is 3.29. The molecule has 0 fully saturated rings. The minimum absolute atomic E-state index is 0.0854. The van der Waals surface area contributed by atoms with Gasteiger partial charge in [0.05, 0.1) is 33.1 Å². The average Bonchev–Trinajstić information content (AvgIpc) is 3.20. The van der Waals surface area contributed by atoms with Gasteiger partial charge < -0.3 is 0 Å². The number of carbonyl (C=O) groups excluding carboxylic acids is 1. The van der Waals surface area contributed by atoms with Crippen molar-refractivity contribution in [3.8, 4) is 16.9 Å². The highest BCUT2D eigenvalue weighted by Crippen LogP contribution is 2.22. The number of H-pyrrole nitrogens is 1. The fourth-order valence-corrected chi connectivity index (χ4v) is 3.24. The summed E-state index contributed by atoms with van der Waals surface area (Å²) in [5, 5.41) is 18.1. The van der Waals surface area contributed by atoms with Gasteiger partial charge in [0.1, 0.15) is 0 Å². The van der Waals surface area contributed by atoms with Crippen LogP contribution in [-0.4, -0.2) is 31.3 Å². The summed E-state index contributed by atoms with van der Waals surface area (Å²) < 4.78 is 1.28. The van der Waals surface area contributed by atoms with E-state index in [-0.39, 0.29) is 17.0 Å². The molecule has 4 rings (SSSR count). The second kappa shape index (κ2) is 9.10. The quantitative estimate of drug-likeness (QED) is 0.268. The van der Waals surface area contributed by atoms with Crippen molar-refractivity contribution in [2.75, 3.05) is 0 Å². The van der Waals surface area contributed by atoms with Crippen LogP contribution in [0.15, 0.2) is 89.0 Å². The lowest BCUT2D eigenvalue weighted by Gasteiger charge is -2.04. The van der Waals surface area contributed by atoms with Crippen LogP contribution in [0.2, 0.25) is 0 Å². The third-order valence-corrected chi connectivity index (χ3v) is 4.88. The van der Waals surface area contributed by atoms with Crippen molar-refractivity contribution in [3.63, 3.8) is 0 Å². The Morgan fingerprint density at radius 2 is 1.82 bits per heavy atom. The van der Waals surface area contributed by atoms with E-state index in [1.54, 1.807) is 25.3 Å². The summed E-state index contributed by atoms with van der Waals surface area (Å²) in [4.78, 5) is 40.0. The van der Waals surface area contributed by atoms with Crippen LogP contribution >= 0.6 is 0 Å². The number of aromatic amines is 1. The van der Waals surface area contributed by atoms with Crippen LogP contribution in [0.3, 0.4) is 0 Å². The number of nitro benzene ring substituents is 1. The van der Waals surface area contributed by atoms with Crippen molar-refractivity contribution >= 4 is 17.3 Å². The molecule has 1 amide bonds. The lowest BCUT2D eigenvalue weighted by Crippen LogP contribution is -2.23. The first-order valence-corrected chi connectivity index (χ1v) is 9.86. The van der Waals surface area contributed by atoms with Crippen LogP contribution in [0.4, 0.5) is 5.69 Å². The SMILES string of the molecule is CC(=NNC(=O)c1cccnc1)c1c(-c2ccccc2)[nH]n(-c2ccc([N+](=O)[O-])cc2)c1=O. The zero-order valence-corrected chi connectivity index (χ0v) is 17.4. The Kier molecular flexibility index (Phi) is 5.90. The molecule has 0 atom stereocenters. The second-order valence-electron chi connectivity index (χ2n) is 7.02. The van der Waals surface area contributed by atoms with Crippen molar-refractivity contribution in [1.29, 1.82) is 0 Å². The number of pyridine rings is 1. The number of nitrogens with zero attached hydrogens (tertiary/aromatic N) is 4. The van der Waals surface area contributed by atoms with E-state index < -0.39 is 16.4 Å². The summed E-state index contributed by atoms with van der Waals surface area (Å²) in [5.41, 5.74) is 4.46. The summed E-state index contributed by atoms with van der Waals surface area (Å²) in [6.07, 6.45) is 2.96. The fourth-order valence-electron chi connectivity index (χ4n) is 3.24. The Labute approximate surface area is 187 Å². The van der Waals surface area contributed by atoms with E-state index in [1.807, 2.05) is 30.3 Å². The normalized spacial score (nSPS) is 11.2. The van der Waals surface area contributed by atoms with Crippen LogP contribution in [-0.2, 0) is 0 Å². The van der Waals surface area contributed by atoms with Gasteiger partial charge >= 0.3 is 0 Å². The molecule has 0 spiro atoms. The minimum atomic E-state index is -0.510. The standard InChI is InChI=1S/C23H18N6O4/c1-15(25-26-22(30)17-8-5-13-24-14-17)20-21(16-6-3-2-4-7-16)27-28(23(20)31)18-9-11-19(12-10-18)29(32)33/h2-14,27H,1H3,(H,26,30). The largest absolute Gasteiger partial charge is 0.290 e. The highest BCUT2D eigenvalue weighted by molar-refractivity contribution is 6.04. The lowest BCUT2D eigenvalue weighted by molar-refractivity contribution is -0.384. The molecule has 2 aromatic heterocycles. The van der Waals surface area contributed by atoms with Gasteiger partial charge in [0.25, 0.3) is 17.2 Å². The number of non-ortho nitro benzene ring substituents is 1. The van der Waals surface area contributed by atoms with Crippen LogP contribution in [0.5, 0.6) is 0 Å². The number of nitro groups is 1. The number of aromatic nitrogens is 3. The van der Waals surface area contributed by atoms with Crippen molar-refractivity contribution in [3.05, 3.63) is 111 Å². The summed E-state index contributed by atoms with van der Waals surface area (Å²) >= 11 is 0.